The number of halogens is 2. The summed E-state index contributed by atoms with van der Waals surface area (Å²) in [5.74, 6) is 1.38. The molecule has 0 radical (unpaired) electrons. The van der Waals surface area contributed by atoms with E-state index in [9.17, 15) is 5.11 Å². The van der Waals surface area contributed by atoms with Crippen LogP contribution in [0.2, 0.25) is 0 Å². The van der Waals surface area contributed by atoms with Gasteiger partial charge in [0.15, 0.2) is 11.5 Å². The number of methoxy groups -OCH3 is 2. The Kier molecular flexibility index (Phi) is 4.51. The minimum Gasteiger partial charge on any atom is -0.506 e. The maximum absolute atomic E-state index is 9.91. The van der Waals surface area contributed by atoms with Crippen molar-refractivity contribution in [2.75, 3.05) is 20.0 Å². The summed E-state index contributed by atoms with van der Waals surface area (Å²) < 4.78 is 11.8. The van der Waals surface area contributed by atoms with Gasteiger partial charge in [-0.25, -0.2) is 9.97 Å². The standard InChI is InChI=1S/C16H13Br2N3O3/c1-23-12-5-8-11(6-13(12)24-2)20-16(19)21-14(8)7-3-9(17)15(22)10(18)4-7/h3-6,22H,1-2H3,(H2,19,20,21). The van der Waals surface area contributed by atoms with Crippen LogP contribution < -0.4 is 15.2 Å². The number of aromatic nitrogens is 2. The van der Waals surface area contributed by atoms with Crippen LogP contribution in [-0.4, -0.2) is 29.3 Å². The molecule has 0 aliphatic carbocycles. The van der Waals surface area contributed by atoms with Gasteiger partial charge in [0.2, 0.25) is 5.95 Å². The average Bonchev–Trinajstić information content (AvgIpc) is 2.57. The number of nitrogens with zero attached hydrogens (tertiary/aromatic N) is 2. The summed E-state index contributed by atoms with van der Waals surface area (Å²) in [6.45, 7) is 0. The van der Waals surface area contributed by atoms with Crippen LogP contribution >= 0.6 is 31.9 Å². The third kappa shape index (κ3) is 2.87. The Hall–Kier alpha value is -2.06. The van der Waals surface area contributed by atoms with Gasteiger partial charge in [-0.3, -0.25) is 0 Å². The van der Waals surface area contributed by atoms with Crippen LogP contribution in [0.5, 0.6) is 17.2 Å². The van der Waals surface area contributed by atoms with Crippen LogP contribution in [0.4, 0.5) is 5.95 Å². The van der Waals surface area contributed by atoms with Crippen LogP contribution in [0, 0.1) is 0 Å². The molecule has 3 aromatic rings. The number of fused-ring (bicyclic) bond motifs is 1. The summed E-state index contributed by atoms with van der Waals surface area (Å²) in [6, 6.07) is 7.08. The summed E-state index contributed by atoms with van der Waals surface area (Å²) in [4.78, 5) is 8.63. The van der Waals surface area contributed by atoms with Gasteiger partial charge in [0, 0.05) is 17.0 Å². The number of anilines is 1. The fourth-order valence-electron chi connectivity index (χ4n) is 2.40. The summed E-state index contributed by atoms with van der Waals surface area (Å²) in [5, 5.41) is 10.7. The maximum atomic E-state index is 9.91. The van der Waals surface area contributed by atoms with E-state index in [-0.39, 0.29) is 11.7 Å². The van der Waals surface area contributed by atoms with Crippen molar-refractivity contribution in [3.05, 3.63) is 33.2 Å². The molecule has 1 aromatic heterocycles. The van der Waals surface area contributed by atoms with Gasteiger partial charge >= 0.3 is 0 Å². The van der Waals surface area contributed by atoms with Gasteiger partial charge in [-0.05, 0) is 50.1 Å². The molecule has 0 unspecified atom stereocenters. The predicted octanol–water partition coefficient (Wildman–Crippen LogP) is 4.13. The first-order valence-electron chi connectivity index (χ1n) is 6.82. The Morgan fingerprint density at radius 3 is 2.12 bits per heavy atom. The SMILES string of the molecule is COc1cc2nc(N)nc(-c3cc(Br)c(O)c(Br)c3)c2cc1OC. The zero-order valence-electron chi connectivity index (χ0n) is 12.8. The van der Waals surface area contributed by atoms with E-state index in [0.29, 0.717) is 31.7 Å². The second-order valence-corrected chi connectivity index (χ2v) is 6.65. The summed E-state index contributed by atoms with van der Waals surface area (Å²) in [5.41, 5.74) is 7.88. The molecule has 0 spiro atoms. The lowest BCUT2D eigenvalue weighted by molar-refractivity contribution is 0.356. The van der Waals surface area contributed by atoms with Crippen molar-refractivity contribution >= 4 is 48.7 Å². The van der Waals surface area contributed by atoms with Gasteiger partial charge in [0.25, 0.3) is 0 Å². The number of hydrogen-bond acceptors (Lipinski definition) is 6. The fourth-order valence-corrected chi connectivity index (χ4v) is 3.58. The van der Waals surface area contributed by atoms with E-state index < -0.39 is 0 Å². The molecule has 3 rings (SSSR count). The molecule has 24 heavy (non-hydrogen) atoms. The van der Waals surface area contributed by atoms with Crippen molar-refractivity contribution < 1.29 is 14.6 Å². The molecule has 0 saturated heterocycles. The van der Waals surface area contributed by atoms with E-state index in [4.69, 9.17) is 15.2 Å². The molecule has 0 bridgehead atoms. The van der Waals surface area contributed by atoms with Crippen molar-refractivity contribution in [3.63, 3.8) is 0 Å². The minimum atomic E-state index is 0.115. The lowest BCUT2D eigenvalue weighted by Gasteiger charge is -2.12. The topological polar surface area (TPSA) is 90.5 Å². The Morgan fingerprint density at radius 2 is 1.54 bits per heavy atom. The summed E-state index contributed by atoms with van der Waals surface area (Å²) in [7, 11) is 3.12. The van der Waals surface area contributed by atoms with E-state index in [0.717, 1.165) is 10.9 Å². The van der Waals surface area contributed by atoms with Crippen LogP contribution in [0.25, 0.3) is 22.2 Å². The third-order valence-electron chi connectivity index (χ3n) is 3.51. The number of ether oxygens (including phenoxy) is 2. The van der Waals surface area contributed by atoms with Gasteiger partial charge in [-0.15, -0.1) is 0 Å². The monoisotopic (exact) mass is 453 g/mol. The normalized spacial score (nSPS) is 10.8. The van der Waals surface area contributed by atoms with Crippen molar-refractivity contribution in [2.45, 2.75) is 0 Å². The highest BCUT2D eigenvalue weighted by atomic mass is 79.9. The number of phenolic OH excluding ortho intramolecular Hbond substituents is 1. The average molecular weight is 455 g/mol. The van der Waals surface area contributed by atoms with Crippen molar-refractivity contribution in [1.29, 1.82) is 0 Å². The lowest BCUT2D eigenvalue weighted by atomic mass is 10.1. The first-order chi connectivity index (χ1) is 11.4. The number of phenols is 1. The number of nitrogen functional groups attached to an aromatic ring is 1. The Morgan fingerprint density at radius 1 is 0.958 bits per heavy atom. The van der Waals surface area contributed by atoms with Crippen molar-refractivity contribution in [2.24, 2.45) is 0 Å². The molecular weight excluding hydrogens is 442 g/mol. The van der Waals surface area contributed by atoms with Crippen LogP contribution in [0.3, 0.4) is 0 Å². The molecule has 0 amide bonds. The number of aromatic hydroxyl groups is 1. The van der Waals surface area contributed by atoms with Gasteiger partial charge in [0.05, 0.1) is 34.4 Å². The number of benzene rings is 2. The van der Waals surface area contributed by atoms with E-state index in [1.807, 2.05) is 0 Å². The molecular formula is C16H13Br2N3O3. The largest absolute Gasteiger partial charge is 0.506 e. The van der Waals surface area contributed by atoms with Crippen LogP contribution in [0.15, 0.2) is 33.2 Å². The second kappa shape index (κ2) is 6.45. The molecule has 0 fully saturated rings. The van der Waals surface area contributed by atoms with Gasteiger partial charge < -0.3 is 20.3 Å². The predicted molar refractivity (Wildman–Crippen MR) is 99.6 cm³/mol. The Bertz CT molecular complexity index is 924. The summed E-state index contributed by atoms with van der Waals surface area (Å²) in [6.07, 6.45) is 0. The highest BCUT2D eigenvalue weighted by Crippen LogP contribution is 2.40. The zero-order valence-corrected chi connectivity index (χ0v) is 16.0. The molecule has 0 aliphatic heterocycles. The number of hydrogen-bond donors (Lipinski definition) is 2. The molecule has 6 nitrogen and oxygen atoms in total. The maximum Gasteiger partial charge on any atom is 0.221 e. The van der Waals surface area contributed by atoms with Crippen molar-refractivity contribution in [1.82, 2.24) is 9.97 Å². The first kappa shape index (κ1) is 16.8. The van der Waals surface area contributed by atoms with Gasteiger partial charge in [0.1, 0.15) is 5.75 Å². The molecule has 0 saturated carbocycles. The molecule has 3 N–H and O–H groups in total. The Balaban J connectivity index is 2.35. The molecule has 8 heteroatoms. The quantitative estimate of drug-likeness (QED) is 0.618. The molecule has 1 heterocycles. The number of nitrogens with two attached hydrogens (primary N) is 1. The van der Waals surface area contributed by atoms with E-state index in [2.05, 4.69) is 41.8 Å². The van der Waals surface area contributed by atoms with Crippen molar-refractivity contribution in [3.8, 4) is 28.5 Å². The van der Waals surface area contributed by atoms with E-state index >= 15 is 0 Å². The number of rotatable bonds is 3. The summed E-state index contributed by atoms with van der Waals surface area (Å²) >= 11 is 6.66. The van der Waals surface area contributed by atoms with Gasteiger partial charge in [-0.1, -0.05) is 0 Å². The van der Waals surface area contributed by atoms with Crippen LogP contribution in [-0.2, 0) is 0 Å². The lowest BCUT2D eigenvalue weighted by Crippen LogP contribution is -2.00. The molecule has 124 valence electrons. The van der Waals surface area contributed by atoms with Gasteiger partial charge in [-0.2, -0.15) is 0 Å². The molecule has 0 atom stereocenters. The minimum absolute atomic E-state index is 0.115. The Labute approximate surface area is 154 Å². The van der Waals surface area contributed by atoms with Crippen LogP contribution in [0.1, 0.15) is 0 Å². The zero-order chi connectivity index (χ0) is 17.4. The first-order valence-corrected chi connectivity index (χ1v) is 8.40. The molecule has 2 aromatic carbocycles. The smallest absolute Gasteiger partial charge is 0.221 e. The highest BCUT2D eigenvalue weighted by Gasteiger charge is 2.16. The van der Waals surface area contributed by atoms with E-state index in [1.54, 1.807) is 38.5 Å². The fraction of sp³-hybridized carbons (Fsp3) is 0.125. The second-order valence-electron chi connectivity index (χ2n) is 4.94. The third-order valence-corrected chi connectivity index (χ3v) is 4.72. The highest BCUT2D eigenvalue weighted by molar-refractivity contribution is 9.11. The molecule has 0 aliphatic rings. The van der Waals surface area contributed by atoms with E-state index in [1.165, 1.54) is 0 Å².